The van der Waals surface area contributed by atoms with E-state index in [9.17, 15) is 0 Å². The summed E-state index contributed by atoms with van der Waals surface area (Å²) in [5.41, 5.74) is 16.7. The Labute approximate surface area is 547 Å². The summed E-state index contributed by atoms with van der Waals surface area (Å²) in [5.74, 6) is 0. The zero-order chi connectivity index (χ0) is 61.3. The summed E-state index contributed by atoms with van der Waals surface area (Å²) < 4.78 is 10.2. The first-order chi connectivity index (χ1) is 46.6. The van der Waals surface area contributed by atoms with Gasteiger partial charge in [-0.3, -0.25) is 0 Å². The minimum Gasteiger partial charge on any atom is -0.309 e. The smallest absolute Gasteiger partial charge is 0.0547 e. The van der Waals surface area contributed by atoms with Crippen molar-refractivity contribution in [3.05, 3.63) is 315 Å². The van der Waals surface area contributed by atoms with Gasteiger partial charge < -0.3 is 9.13 Å². The normalized spacial score (nSPS) is 12.3. The average Bonchev–Trinajstić information content (AvgIpc) is 0.899. The summed E-state index contributed by atoms with van der Waals surface area (Å²) in [5, 5.41) is 25.4. The molecular formula is C90H52N2S2. The molecule has 21 aromatic rings. The van der Waals surface area contributed by atoms with Gasteiger partial charge in [-0.2, -0.15) is 0 Å². The van der Waals surface area contributed by atoms with E-state index in [4.69, 9.17) is 0 Å². The Kier molecular flexibility index (Phi) is 11.0. The Hall–Kier alpha value is -11.7. The van der Waals surface area contributed by atoms with E-state index in [1.165, 1.54) is 193 Å². The van der Waals surface area contributed by atoms with E-state index in [1.807, 2.05) is 22.7 Å². The lowest BCUT2D eigenvalue weighted by molar-refractivity contribution is 1.18. The predicted molar refractivity (Wildman–Crippen MR) is 408 cm³/mol. The number of nitrogens with zero attached hydrogens (tertiary/aromatic N) is 2. The Morgan fingerprint density at radius 1 is 0.170 bits per heavy atom. The fourth-order valence-corrected chi connectivity index (χ4v) is 18.5. The molecule has 0 amide bonds. The minimum absolute atomic E-state index is 1.15. The van der Waals surface area contributed by atoms with Crippen LogP contribution in [-0.2, 0) is 0 Å². The van der Waals surface area contributed by atoms with Gasteiger partial charge in [-0.15, -0.1) is 22.7 Å². The first-order valence-corrected chi connectivity index (χ1v) is 34.0. The third-order valence-electron chi connectivity index (χ3n) is 20.5. The summed E-state index contributed by atoms with van der Waals surface area (Å²) in [6.07, 6.45) is 0. The zero-order valence-electron chi connectivity index (χ0n) is 50.7. The highest BCUT2D eigenvalue weighted by atomic mass is 32.1. The number of hydrogen-bond donors (Lipinski definition) is 0. The van der Waals surface area contributed by atoms with Crippen LogP contribution in [0, 0.1) is 0 Å². The van der Waals surface area contributed by atoms with Gasteiger partial charge in [0, 0.05) is 73.3 Å². The van der Waals surface area contributed by atoms with Crippen molar-refractivity contribution in [3.63, 3.8) is 0 Å². The highest BCUT2D eigenvalue weighted by molar-refractivity contribution is 7.26. The van der Waals surface area contributed by atoms with Crippen molar-refractivity contribution < 1.29 is 0 Å². The SMILES string of the molecule is c1cc(-c2cccc3c2sc2ccccc23)cc(-n2c3ccccc3c3ccc(-c4ccc5c6ccc(-c7ccc8c(c7)c7ccc(-c9ccc%10c%11ccccc%11c%11ccccc%11c%10c9)cc7n8-c7ccc8sc9ccccc9c8c7)cc6c6ccccc6c5c4)cc32)c1. The predicted octanol–water partition coefficient (Wildman–Crippen LogP) is 26.2. The van der Waals surface area contributed by atoms with E-state index < -0.39 is 0 Å². The van der Waals surface area contributed by atoms with Gasteiger partial charge in [0.05, 0.1) is 22.1 Å². The van der Waals surface area contributed by atoms with Crippen molar-refractivity contribution in [3.8, 4) is 55.9 Å². The summed E-state index contributed by atoms with van der Waals surface area (Å²) in [4.78, 5) is 0. The molecule has 0 bridgehead atoms. The van der Waals surface area contributed by atoms with Crippen molar-refractivity contribution >= 4 is 171 Å². The van der Waals surface area contributed by atoms with Crippen LogP contribution in [0.4, 0.5) is 0 Å². The summed E-state index contributed by atoms with van der Waals surface area (Å²) >= 11 is 3.75. The van der Waals surface area contributed by atoms with Gasteiger partial charge in [0.15, 0.2) is 0 Å². The average molecular weight is 1230 g/mol. The van der Waals surface area contributed by atoms with Crippen LogP contribution in [-0.4, -0.2) is 9.13 Å². The molecule has 434 valence electrons. The molecule has 4 heterocycles. The van der Waals surface area contributed by atoms with Gasteiger partial charge in [-0.05, 0) is 200 Å². The molecular weight excluding hydrogens is 1170 g/mol. The number of benzene rings is 17. The standard InChI is InChI=1S/C90H52N2S2/c1-2-19-65-63(17-1)64-18-3-4-20-66(64)78-47-54(32-38-69(65)78)58-35-42-74-81-49-56(36-43-84(81)92(86(74)51-58)61-37-44-89-82(52-61)76-25-9-11-29-87(76)93-89)53-31-39-70-71-40-33-55(48-80(71)68-22-6-5-21-67(68)79(70)46-53)57-34-41-73-72-23-7-10-28-83(72)91(85(73)50-57)60-16-13-15-59(45-60)62-26-14-27-77-75-24-8-12-30-88(75)94-90(62)77/h1-52H. The highest BCUT2D eigenvalue weighted by Crippen LogP contribution is 2.46. The second kappa shape index (κ2) is 19.9. The van der Waals surface area contributed by atoms with Gasteiger partial charge in [0.25, 0.3) is 0 Å². The molecule has 2 nitrogen and oxygen atoms in total. The molecule has 21 rings (SSSR count). The van der Waals surface area contributed by atoms with Crippen molar-refractivity contribution in [2.45, 2.75) is 0 Å². The van der Waals surface area contributed by atoms with Gasteiger partial charge >= 0.3 is 0 Å². The maximum Gasteiger partial charge on any atom is 0.0547 e. The van der Waals surface area contributed by atoms with Crippen molar-refractivity contribution in [2.24, 2.45) is 0 Å². The molecule has 4 aromatic heterocycles. The van der Waals surface area contributed by atoms with Crippen molar-refractivity contribution in [1.82, 2.24) is 9.13 Å². The van der Waals surface area contributed by atoms with E-state index >= 15 is 0 Å². The lowest BCUT2D eigenvalue weighted by Gasteiger charge is -2.14. The molecule has 0 unspecified atom stereocenters. The number of aromatic nitrogens is 2. The van der Waals surface area contributed by atoms with Crippen molar-refractivity contribution in [1.29, 1.82) is 0 Å². The lowest BCUT2D eigenvalue weighted by atomic mass is 9.90. The van der Waals surface area contributed by atoms with Crippen LogP contribution < -0.4 is 0 Å². The van der Waals surface area contributed by atoms with E-state index in [0.717, 1.165) is 11.4 Å². The molecule has 0 aliphatic carbocycles. The summed E-state index contributed by atoms with van der Waals surface area (Å²) in [7, 11) is 0. The zero-order valence-corrected chi connectivity index (χ0v) is 52.4. The fraction of sp³-hybridized carbons (Fsp3) is 0. The first-order valence-electron chi connectivity index (χ1n) is 32.4. The summed E-state index contributed by atoms with van der Waals surface area (Å²) in [6.45, 7) is 0. The third kappa shape index (κ3) is 7.64. The number of hydrogen-bond acceptors (Lipinski definition) is 2. The quantitative estimate of drug-likeness (QED) is 0.147. The summed E-state index contributed by atoms with van der Waals surface area (Å²) in [6, 6.07) is 119. The molecule has 94 heavy (non-hydrogen) atoms. The van der Waals surface area contributed by atoms with E-state index in [1.54, 1.807) is 0 Å². The van der Waals surface area contributed by atoms with Crippen LogP contribution in [0.2, 0.25) is 0 Å². The van der Waals surface area contributed by atoms with Crippen LogP contribution in [0.3, 0.4) is 0 Å². The highest BCUT2D eigenvalue weighted by Gasteiger charge is 2.21. The number of para-hydroxylation sites is 1. The van der Waals surface area contributed by atoms with Crippen LogP contribution in [0.25, 0.3) is 204 Å². The molecule has 0 N–H and O–H groups in total. The Morgan fingerprint density at radius 2 is 0.543 bits per heavy atom. The molecule has 0 aliphatic rings. The molecule has 0 saturated carbocycles. The molecule has 0 atom stereocenters. The molecule has 0 saturated heterocycles. The monoisotopic (exact) mass is 1220 g/mol. The first kappa shape index (κ1) is 52.0. The molecule has 17 aromatic carbocycles. The molecule has 0 fully saturated rings. The van der Waals surface area contributed by atoms with Gasteiger partial charge in [-0.1, -0.05) is 224 Å². The van der Waals surface area contributed by atoms with Crippen LogP contribution >= 0.6 is 22.7 Å². The Bertz CT molecular complexity index is 6810. The second-order valence-electron chi connectivity index (χ2n) is 25.4. The second-order valence-corrected chi connectivity index (χ2v) is 27.5. The van der Waals surface area contributed by atoms with E-state index in [-0.39, 0.29) is 0 Å². The lowest BCUT2D eigenvalue weighted by Crippen LogP contribution is -1.94. The Balaban J connectivity index is 0.691. The van der Waals surface area contributed by atoms with E-state index in [2.05, 4.69) is 325 Å². The van der Waals surface area contributed by atoms with Crippen LogP contribution in [0.15, 0.2) is 315 Å². The van der Waals surface area contributed by atoms with Crippen LogP contribution in [0.5, 0.6) is 0 Å². The number of rotatable bonds is 6. The maximum atomic E-state index is 2.51. The molecule has 0 spiro atoms. The molecule has 4 heteroatoms. The largest absolute Gasteiger partial charge is 0.309 e. The van der Waals surface area contributed by atoms with Gasteiger partial charge in [0.1, 0.15) is 0 Å². The van der Waals surface area contributed by atoms with Gasteiger partial charge in [0.2, 0.25) is 0 Å². The van der Waals surface area contributed by atoms with Crippen LogP contribution in [0.1, 0.15) is 0 Å². The van der Waals surface area contributed by atoms with Gasteiger partial charge in [-0.25, -0.2) is 0 Å². The number of fused-ring (bicyclic) bond motifs is 24. The molecule has 0 radical (unpaired) electrons. The maximum absolute atomic E-state index is 2.51. The third-order valence-corrected chi connectivity index (χ3v) is 22.8. The topological polar surface area (TPSA) is 9.86 Å². The minimum atomic E-state index is 1.15. The molecule has 0 aliphatic heterocycles. The number of thiophene rings is 2. The van der Waals surface area contributed by atoms with E-state index in [0.29, 0.717) is 0 Å². The Morgan fingerprint density at radius 3 is 1.12 bits per heavy atom. The van der Waals surface area contributed by atoms with Crippen molar-refractivity contribution in [2.75, 3.05) is 0 Å². The fourth-order valence-electron chi connectivity index (χ4n) is 16.1.